The molecule has 0 bridgehead atoms. The van der Waals surface area contributed by atoms with E-state index in [1.54, 1.807) is 44.2 Å². The fourth-order valence-corrected chi connectivity index (χ4v) is 3.45. The van der Waals surface area contributed by atoms with Crippen LogP contribution in [0, 0.1) is 5.82 Å². The van der Waals surface area contributed by atoms with Crippen LogP contribution >= 0.6 is 0 Å². The number of hydrogen-bond donors (Lipinski definition) is 4. The molecule has 1 amide bonds. The van der Waals surface area contributed by atoms with E-state index in [2.05, 4.69) is 20.7 Å². The normalized spacial score (nSPS) is 11.7. The van der Waals surface area contributed by atoms with Crippen molar-refractivity contribution >= 4 is 16.8 Å². The first-order valence-corrected chi connectivity index (χ1v) is 10.9. The number of halogens is 1. The summed E-state index contributed by atoms with van der Waals surface area (Å²) in [7, 11) is 1.48. The van der Waals surface area contributed by atoms with Crippen molar-refractivity contribution < 1.29 is 18.7 Å². The van der Waals surface area contributed by atoms with Gasteiger partial charge in [-0.05, 0) is 51.0 Å². The Morgan fingerprint density at radius 3 is 2.71 bits per heavy atom. The number of ether oxygens (including phenoxy) is 2. The van der Waals surface area contributed by atoms with E-state index in [-0.39, 0.29) is 24.0 Å². The SMILES string of the molecule is CCOc1c(F)c(-c2ccnc(OC)c2)nc2cc(C(=O)NCCC/C(NN)=C(\C)N)ccc12. The van der Waals surface area contributed by atoms with Gasteiger partial charge in [-0.25, -0.2) is 14.4 Å². The summed E-state index contributed by atoms with van der Waals surface area (Å²) in [5, 5.41) is 3.34. The molecule has 10 heteroatoms. The van der Waals surface area contributed by atoms with Crippen molar-refractivity contribution in [2.45, 2.75) is 26.7 Å². The summed E-state index contributed by atoms with van der Waals surface area (Å²) in [6.45, 7) is 4.23. The largest absolute Gasteiger partial charge is 0.490 e. The lowest BCUT2D eigenvalue weighted by molar-refractivity contribution is 0.0953. The van der Waals surface area contributed by atoms with Crippen LogP contribution < -0.4 is 31.8 Å². The molecule has 0 aliphatic carbocycles. The van der Waals surface area contributed by atoms with Gasteiger partial charge in [-0.3, -0.25) is 10.6 Å². The Morgan fingerprint density at radius 2 is 2.03 bits per heavy atom. The van der Waals surface area contributed by atoms with E-state index in [1.807, 2.05) is 0 Å². The van der Waals surface area contributed by atoms with Crippen LogP contribution in [0.25, 0.3) is 22.2 Å². The van der Waals surface area contributed by atoms with Crippen molar-refractivity contribution in [2.75, 3.05) is 20.3 Å². The first-order chi connectivity index (χ1) is 16.4. The molecule has 0 spiro atoms. The quantitative estimate of drug-likeness (QED) is 0.202. The molecule has 180 valence electrons. The van der Waals surface area contributed by atoms with Crippen molar-refractivity contribution in [1.29, 1.82) is 0 Å². The molecule has 3 aromatic rings. The molecule has 0 saturated carbocycles. The molecule has 0 aliphatic rings. The minimum atomic E-state index is -0.590. The summed E-state index contributed by atoms with van der Waals surface area (Å²) in [6, 6.07) is 8.09. The van der Waals surface area contributed by atoms with Crippen LogP contribution in [0.15, 0.2) is 47.9 Å². The number of rotatable bonds is 10. The van der Waals surface area contributed by atoms with Gasteiger partial charge in [-0.2, -0.15) is 0 Å². The molecule has 1 aromatic carbocycles. The van der Waals surface area contributed by atoms with Gasteiger partial charge in [0.2, 0.25) is 5.88 Å². The van der Waals surface area contributed by atoms with Crippen molar-refractivity contribution in [2.24, 2.45) is 11.6 Å². The van der Waals surface area contributed by atoms with Crippen LogP contribution in [0.3, 0.4) is 0 Å². The zero-order valence-electron chi connectivity index (χ0n) is 19.4. The summed E-state index contributed by atoms with van der Waals surface area (Å²) >= 11 is 0. The van der Waals surface area contributed by atoms with Gasteiger partial charge in [-0.1, -0.05) is 0 Å². The maximum atomic E-state index is 15.4. The molecule has 6 N–H and O–H groups in total. The Bertz CT molecular complexity index is 1210. The van der Waals surface area contributed by atoms with Crippen LogP contribution in [-0.4, -0.2) is 36.1 Å². The molecule has 2 heterocycles. The number of amides is 1. The summed E-state index contributed by atoms with van der Waals surface area (Å²) < 4.78 is 26.1. The number of fused-ring (bicyclic) bond motifs is 1. The summed E-state index contributed by atoms with van der Waals surface area (Å²) in [6.07, 6.45) is 2.77. The molecule has 3 rings (SSSR count). The van der Waals surface area contributed by atoms with Gasteiger partial charge in [0.1, 0.15) is 5.69 Å². The Morgan fingerprint density at radius 1 is 1.24 bits per heavy atom. The second-order valence-electron chi connectivity index (χ2n) is 7.52. The van der Waals surface area contributed by atoms with E-state index in [9.17, 15) is 4.79 Å². The molecular formula is C24H29FN6O3. The molecule has 0 fully saturated rings. The predicted molar refractivity (Wildman–Crippen MR) is 128 cm³/mol. The number of nitrogens with zero attached hydrogens (tertiary/aromatic N) is 2. The van der Waals surface area contributed by atoms with Gasteiger partial charge in [0.05, 0.1) is 19.2 Å². The monoisotopic (exact) mass is 468 g/mol. The van der Waals surface area contributed by atoms with E-state index < -0.39 is 5.82 Å². The number of allylic oxidation sites excluding steroid dienone is 2. The van der Waals surface area contributed by atoms with Crippen LogP contribution in [0.2, 0.25) is 0 Å². The number of methoxy groups -OCH3 is 1. The molecule has 34 heavy (non-hydrogen) atoms. The predicted octanol–water partition coefficient (Wildman–Crippen LogP) is 3.01. The Labute approximate surface area is 197 Å². The van der Waals surface area contributed by atoms with Gasteiger partial charge < -0.3 is 25.9 Å². The number of nitrogens with one attached hydrogen (secondary N) is 2. The second kappa shape index (κ2) is 11.3. The first-order valence-electron chi connectivity index (χ1n) is 10.9. The highest BCUT2D eigenvalue weighted by Gasteiger charge is 2.19. The van der Waals surface area contributed by atoms with E-state index >= 15 is 4.39 Å². The van der Waals surface area contributed by atoms with Gasteiger partial charge in [0.25, 0.3) is 5.91 Å². The van der Waals surface area contributed by atoms with Crippen LogP contribution in [0.4, 0.5) is 4.39 Å². The van der Waals surface area contributed by atoms with Crippen LogP contribution in [-0.2, 0) is 0 Å². The van der Waals surface area contributed by atoms with Gasteiger partial charge in [-0.15, -0.1) is 0 Å². The molecule has 0 unspecified atom stereocenters. The number of carbonyl (C=O) groups excluding carboxylic acids is 1. The average Bonchev–Trinajstić information content (AvgIpc) is 2.84. The molecule has 0 atom stereocenters. The summed E-state index contributed by atoms with van der Waals surface area (Å²) in [5.74, 6) is 5.00. The lowest BCUT2D eigenvalue weighted by Crippen LogP contribution is -2.27. The first kappa shape index (κ1) is 24.7. The van der Waals surface area contributed by atoms with Gasteiger partial charge in [0.15, 0.2) is 11.6 Å². The lowest BCUT2D eigenvalue weighted by Gasteiger charge is -2.14. The van der Waals surface area contributed by atoms with Crippen LogP contribution in [0.1, 0.15) is 37.0 Å². The molecule has 0 radical (unpaired) electrons. The highest BCUT2D eigenvalue weighted by atomic mass is 19.1. The summed E-state index contributed by atoms with van der Waals surface area (Å²) in [5.41, 5.74) is 11.0. The molecule has 9 nitrogen and oxygen atoms in total. The van der Waals surface area contributed by atoms with Crippen LogP contribution in [0.5, 0.6) is 11.6 Å². The maximum Gasteiger partial charge on any atom is 0.251 e. The average molecular weight is 469 g/mol. The minimum absolute atomic E-state index is 0.0796. The molecular weight excluding hydrogens is 439 g/mol. The number of carbonyl (C=O) groups is 1. The zero-order valence-corrected chi connectivity index (χ0v) is 19.4. The maximum absolute atomic E-state index is 15.4. The number of nitrogens with two attached hydrogens (primary N) is 2. The third kappa shape index (κ3) is 5.52. The summed E-state index contributed by atoms with van der Waals surface area (Å²) in [4.78, 5) is 21.3. The Hall–Kier alpha value is -3.92. The van der Waals surface area contributed by atoms with E-state index in [0.29, 0.717) is 53.0 Å². The fraction of sp³-hybridized carbons (Fsp3) is 0.292. The Balaban J connectivity index is 1.90. The highest BCUT2D eigenvalue weighted by molar-refractivity contribution is 5.99. The van der Waals surface area contributed by atoms with Gasteiger partial charge >= 0.3 is 0 Å². The topological polar surface area (TPSA) is 137 Å². The molecule has 2 aromatic heterocycles. The van der Waals surface area contributed by atoms with Crippen molar-refractivity contribution in [3.05, 3.63) is 59.3 Å². The molecule has 0 aliphatic heterocycles. The van der Waals surface area contributed by atoms with Crippen molar-refractivity contribution in [3.63, 3.8) is 0 Å². The number of hydrogen-bond acceptors (Lipinski definition) is 8. The van der Waals surface area contributed by atoms with Crippen molar-refractivity contribution in [3.8, 4) is 22.9 Å². The van der Waals surface area contributed by atoms with E-state index in [4.69, 9.17) is 21.1 Å². The highest BCUT2D eigenvalue weighted by Crippen LogP contribution is 2.35. The van der Waals surface area contributed by atoms with E-state index in [1.165, 1.54) is 13.3 Å². The second-order valence-corrected chi connectivity index (χ2v) is 7.52. The number of pyridine rings is 2. The van der Waals surface area contributed by atoms with E-state index in [0.717, 1.165) is 5.70 Å². The minimum Gasteiger partial charge on any atom is -0.490 e. The number of benzene rings is 1. The zero-order chi connectivity index (χ0) is 24.7. The van der Waals surface area contributed by atoms with Crippen molar-refractivity contribution in [1.82, 2.24) is 20.7 Å². The number of aromatic nitrogens is 2. The third-order valence-electron chi connectivity index (χ3n) is 5.19. The third-order valence-corrected chi connectivity index (χ3v) is 5.19. The standard InChI is InChI=1S/C24H29FN6O3/c1-4-34-23-17-8-7-16(24(32)29-10-5-6-18(31-27)14(2)26)12-19(17)30-22(21(23)25)15-9-11-28-20(13-15)33-3/h7-9,11-13,31H,4-6,10,26-27H2,1-3H3,(H,29,32)/b18-14-. The van der Waals surface area contributed by atoms with Gasteiger partial charge in [0, 0.05) is 46.7 Å². The Kier molecular flexibility index (Phi) is 8.20. The number of hydrazine groups is 1. The fourth-order valence-electron chi connectivity index (χ4n) is 3.45. The molecule has 0 saturated heterocycles. The smallest absolute Gasteiger partial charge is 0.251 e. The lowest BCUT2D eigenvalue weighted by atomic mass is 10.1.